The first-order valence-corrected chi connectivity index (χ1v) is 5.51. The Morgan fingerprint density at radius 1 is 1.06 bits per heavy atom. The quantitative estimate of drug-likeness (QED) is 0.686. The van der Waals surface area contributed by atoms with Crippen LogP contribution in [-0.2, 0) is 0 Å². The van der Waals surface area contributed by atoms with Gasteiger partial charge in [-0.15, -0.1) is 0 Å². The van der Waals surface area contributed by atoms with Crippen LogP contribution in [0.3, 0.4) is 0 Å². The summed E-state index contributed by atoms with van der Waals surface area (Å²) in [4.78, 5) is 12.6. The van der Waals surface area contributed by atoms with Crippen molar-refractivity contribution in [3.05, 3.63) is 48.4 Å². The number of nitrogens with zero attached hydrogens (tertiary/aromatic N) is 4. The van der Waals surface area contributed by atoms with Crippen molar-refractivity contribution in [1.29, 1.82) is 0 Å². The lowest BCUT2D eigenvalue weighted by atomic mass is 10.2. The van der Waals surface area contributed by atoms with E-state index in [1.807, 2.05) is 37.3 Å². The van der Waals surface area contributed by atoms with Gasteiger partial charge in [-0.05, 0) is 31.2 Å². The standard InChI is InChI=1S/C13H10N4O/c1-9-8-10(5-7-14-9)13-16-12(17-18-13)11-4-2-3-6-15-11/h2-8H,1H3. The van der Waals surface area contributed by atoms with E-state index in [9.17, 15) is 0 Å². The van der Waals surface area contributed by atoms with E-state index in [0.717, 1.165) is 11.3 Å². The van der Waals surface area contributed by atoms with Crippen LogP contribution in [0.1, 0.15) is 5.69 Å². The molecule has 0 unspecified atom stereocenters. The molecule has 0 aromatic carbocycles. The van der Waals surface area contributed by atoms with Crippen LogP contribution >= 0.6 is 0 Å². The van der Waals surface area contributed by atoms with Crippen LogP contribution in [0.5, 0.6) is 0 Å². The second kappa shape index (κ2) is 4.37. The summed E-state index contributed by atoms with van der Waals surface area (Å²) in [6.45, 7) is 1.92. The third-order valence-corrected chi connectivity index (χ3v) is 2.46. The summed E-state index contributed by atoms with van der Waals surface area (Å²) < 4.78 is 5.23. The SMILES string of the molecule is Cc1cc(-c2nc(-c3ccccn3)no2)ccn1. The van der Waals surface area contributed by atoms with Crippen LogP contribution < -0.4 is 0 Å². The van der Waals surface area contributed by atoms with Gasteiger partial charge in [-0.25, -0.2) is 0 Å². The van der Waals surface area contributed by atoms with Crippen LogP contribution in [0.25, 0.3) is 23.0 Å². The minimum Gasteiger partial charge on any atom is -0.334 e. The summed E-state index contributed by atoms with van der Waals surface area (Å²) in [7, 11) is 0. The Balaban J connectivity index is 2.00. The third kappa shape index (κ3) is 1.98. The van der Waals surface area contributed by atoms with Crippen LogP contribution in [0.15, 0.2) is 47.2 Å². The van der Waals surface area contributed by atoms with Crippen molar-refractivity contribution in [2.75, 3.05) is 0 Å². The first-order valence-electron chi connectivity index (χ1n) is 5.51. The Bertz CT molecular complexity index is 664. The highest BCUT2D eigenvalue weighted by Gasteiger charge is 2.11. The first kappa shape index (κ1) is 10.6. The van der Waals surface area contributed by atoms with Gasteiger partial charge in [0.05, 0.1) is 0 Å². The van der Waals surface area contributed by atoms with Gasteiger partial charge >= 0.3 is 0 Å². The van der Waals surface area contributed by atoms with Crippen molar-refractivity contribution < 1.29 is 4.52 Å². The molecule has 3 aromatic rings. The average Bonchev–Trinajstić information content (AvgIpc) is 2.89. The molecule has 0 aliphatic rings. The fourth-order valence-electron chi connectivity index (χ4n) is 1.62. The number of pyridine rings is 2. The molecule has 3 aromatic heterocycles. The van der Waals surface area contributed by atoms with E-state index in [-0.39, 0.29) is 0 Å². The second-order valence-corrected chi connectivity index (χ2v) is 3.82. The molecule has 3 heterocycles. The highest BCUT2D eigenvalue weighted by molar-refractivity contribution is 5.57. The molecule has 5 heteroatoms. The monoisotopic (exact) mass is 238 g/mol. The lowest BCUT2D eigenvalue weighted by molar-refractivity contribution is 0.432. The number of rotatable bonds is 2. The first-order chi connectivity index (χ1) is 8.83. The Morgan fingerprint density at radius 3 is 2.78 bits per heavy atom. The zero-order chi connectivity index (χ0) is 12.4. The third-order valence-electron chi connectivity index (χ3n) is 2.46. The number of hydrogen-bond acceptors (Lipinski definition) is 5. The van der Waals surface area contributed by atoms with E-state index in [1.54, 1.807) is 12.4 Å². The molecule has 0 aliphatic heterocycles. The molecule has 0 radical (unpaired) electrons. The van der Waals surface area contributed by atoms with E-state index in [0.29, 0.717) is 17.4 Å². The molecule has 0 bridgehead atoms. The molecule has 3 rings (SSSR count). The van der Waals surface area contributed by atoms with Gasteiger partial charge in [0, 0.05) is 23.7 Å². The van der Waals surface area contributed by atoms with Crippen molar-refractivity contribution in [3.8, 4) is 23.0 Å². The maximum atomic E-state index is 5.23. The van der Waals surface area contributed by atoms with E-state index in [2.05, 4.69) is 20.1 Å². The van der Waals surface area contributed by atoms with Crippen LogP contribution in [0, 0.1) is 6.92 Å². The van der Waals surface area contributed by atoms with Crippen molar-refractivity contribution in [3.63, 3.8) is 0 Å². The molecule has 18 heavy (non-hydrogen) atoms. The van der Waals surface area contributed by atoms with Gasteiger partial charge in [0.25, 0.3) is 5.89 Å². The second-order valence-electron chi connectivity index (χ2n) is 3.82. The Kier molecular flexibility index (Phi) is 2.57. The van der Waals surface area contributed by atoms with Gasteiger partial charge in [-0.1, -0.05) is 11.2 Å². The van der Waals surface area contributed by atoms with Crippen molar-refractivity contribution in [2.45, 2.75) is 6.92 Å². The van der Waals surface area contributed by atoms with E-state index >= 15 is 0 Å². The lowest BCUT2D eigenvalue weighted by Gasteiger charge is -1.94. The molecule has 0 atom stereocenters. The summed E-state index contributed by atoms with van der Waals surface area (Å²) in [5.74, 6) is 0.959. The fourth-order valence-corrected chi connectivity index (χ4v) is 1.62. The van der Waals surface area contributed by atoms with Crippen LogP contribution in [0.2, 0.25) is 0 Å². The van der Waals surface area contributed by atoms with E-state index < -0.39 is 0 Å². The Hall–Kier alpha value is -2.56. The molecule has 5 nitrogen and oxygen atoms in total. The highest BCUT2D eigenvalue weighted by atomic mass is 16.5. The molecule has 0 aliphatic carbocycles. The van der Waals surface area contributed by atoms with Gasteiger partial charge in [-0.2, -0.15) is 4.98 Å². The zero-order valence-electron chi connectivity index (χ0n) is 9.74. The van der Waals surface area contributed by atoms with Gasteiger partial charge < -0.3 is 4.52 Å². The van der Waals surface area contributed by atoms with Gasteiger partial charge in [0.1, 0.15) is 5.69 Å². The molecule has 0 spiro atoms. The predicted octanol–water partition coefficient (Wildman–Crippen LogP) is 2.50. The maximum absolute atomic E-state index is 5.23. The van der Waals surface area contributed by atoms with Crippen LogP contribution in [0.4, 0.5) is 0 Å². The average molecular weight is 238 g/mol. The Labute approximate surface area is 104 Å². The van der Waals surface area contributed by atoms with Gasteiger partial charge in [-0.3, -0.25) is 9.97 Å². The molecule has 0 saturated carbocycles. The number of aromatic nitrogens is 4. The lowest BCUT2D eigenvalue weighted by Crippen LogP contribution is -1.85. The summed E-state index contributed by atoms with van der Waals surface area (Å²) in [5, 5.41) is 3.92. The van der Waals surface area contributed by atoms with Crippen molar-refractivity contribution in [2.24, 2.45) is 0 Å². The maximum Gasteiger partial charge on any atom is 0.258 e. The topological polar surface area (TPSA) is 64.7 Å². The normalized spacial score (nSPS) is 10.5. The van der Waals surface area contributed by atoms with E-state index in [1.165, 1.54) is 0 Å². The Morgan fingerprint density at radius 2 is 2.00 bits per heavy atom. The summed E-state index contributed by atoms with van der Waals surface area (Å²) in [6.07, 6.45) is 3.41. The van der Waals surface area contributed by atoms with Gasteiger partial charge in [0.2, 0.25) is 5.82 Å². The van der Waals surface area contributed by atoms with E-state index in [4.69, 9.17) is 4.52 Å². The number of aryl methyl sites for hydroxylation is 1. The predicted molar refractivity (Wildman–Crippen MR) is 65.5 cm³/mol. The van der Waals surface area contributed by atoms with Gasteiger partial charge in [0.15, 0.2) is 0 Å². The van der Waals surface area contributed by atoms with Crippen molar-refractivity contribution >= 4 is 0 Å². The minimum absolute atomic E-state index is 0.473. The zero-order valence-corrected chi connectivity index (χ0v) is 9.74. The molecule has 0 amide bonds. The van der Waals surface area contributed by atoms with Crippen molar-refractivity contribution in [1.82, 2.24) is 20.1 Å². The molecule has 88 valence electrons. The fraction of sp³-hybridized carbons (Fsp3) is 0.0769. The molecule has 0 N–H and O–H groups in total. The molecular weight excluding hydrogens is 228 g/mol. The summed E-state index contributed by atoms with van der Waals surface area (Å²) >= 11 is 0. The smallest absolute Gasteiger partial charge is 0.258 e. The highest BCUT2D eigenvalue weighted by Crippen LogP contribution is 2.20. The molecular formula is C13H10N4O. The molecule has 0 saturated heterocycles. The van der Waals surface area contributed by atoms with Crippen LogP contribution in [-0.4, -0.2) is 20.1 Å². The summed E-state index contributed by atoms with van der Waals surface area (Å²) in [5.41, 5.74) is 2.46. The largest absolute Gasteiger partial charge is 0.334 e. The number of hydrogen-bond donors (Lipinski definition) is 0. The molecule has 0 fully saturated rings. The summed E-state index contributed by atoms with van der Waals surface area (Å²) in [6, 6.07) is 9.30. The minimum atomic E-state index is 0.473.